The molecule has 0 unspecified atom stereocenters. The molecule has 0 fully saturated rings. The Hall–Kier alpha value is -2.29. The second-order valence-corrected chi connectivity index (χ2v) is 4.89. The average Bonchev–Trinajstić information content (AvgIpc) is 2.39. The maximum atomic E-state index is 11.1. The van der Waals surface area contributed by atoms with E-state index < -0.39 is 5.97 Å². The number of hydrogen-bond acceptors (Lipinski definition) is 2. The maximum Gasteiger partial charge on any atom is 0.337 e. The first-order valence-corrected chi connectivity index (χ1v) is 6.22. The molecule has 0 aliphatic rings. The van der Waals surface area contributed by atoms with Crippen LogP contribution in [-0.4, -0.2) is 11.1 Å². The van der Waals surface area contributed by atoms with Gasteiger partial charge in [0.2, 0.25) is 0 Å². The largest absolute Gasteiger partial charge is 0.478 e. The zero-order valence-corrected chi connectivity index (χ0v) is 11.1. The zero-order valence-electron chi connectivity index (χ0n) is 11.1. The molecule has 0 spiro atoms. The number of nitrogen functional groups attached to an aromatic ring is 1. The minimum absolute atomic E-state index is 0.146. The monoisotopic (exact) mass is 255 g/mol. The summed E-state index contributed by atoms with van der Waals surface area (Å²) in [4.78, 5) is 11.1. The highest BCUT2D eigenvalue weighted by atomic mass is 16.4. The highest BCUT2D eigenvalue weighted by molar-refractivity contribution is 5.95. The van der Waals surface area contributed by atoms with Crippen LogP contribution in [0, 0.1) is 0 Å². The minimum Gasteiger partial charge on any atom is -0.478 e. The molecular formula is C16H17NO2. The Morgan fingerprint density at radius 1 is 1.11 bits per heavy atom. The summed E-state index contributed by atoms with van der Waals surface area (Å²) in [6.45, 7) is 4.26. The number of anilines is 1. The molecule has 2 aromatic rings. The number of carboxylic acids is 1. The molecule has 0 saturated heterocycles. The first kappa shape index (κ1) is 13.1. The van der Waals surface area contributed by atoms with Crippen molar-refractivity contribution in [3.63, 3.8) is 0 Å². The fourth-order valence-corrected chi connectivity index (χ4v) is 2.00. The Morgan fingerprint density at radius 2 is 1.79 bits per heavy atom. The fourth-order valence-electron chi connectivity index (χ4n) is 2.00. The molecule has 0 radical (unpaired) electrons. The lowest BCUT2D eigenvalue weighted by atomic mass is 9.96. The highest BCUT2D eigenvalue weighted by Crippen LogP contribution is 2.26. The van der Waals surface area contributed by atoms with Crippen molar-refractivity contribution in [2.45, 2.75) is 19.8 Å². The lowest BCUT2D eigenvalue weighted by Crippen LogP contribution is -2.02. The Labute approximate surface area is 112 Å². The fraction of sp³-hybridized carbons (Fsp3) is 0.188. The molecule has 0 amide bonds. The van der Waals surface area contributed by atoms with Crippen LogP contribution in [-0.2, 0) is 0 Å². The molecule has 2 rings (SSSR count). The number of hydrogen-bond donors (Lipinski definition) is 2. The molecule has 0 aliphatic carbocycles. The van der Waals surface area contributed by atoms with E-state index in [2.05, 4.69) is 26.0 Å². The first-order valence-electron chi connectivity index (χ1n) is 6.22. The van der Waals surface area contributed by atoms with Crippen molar-refractivity contribution >= 4 is 11.7 Å². The molecule has 0 atom stereocenters. The number of nitrogens with two attached hydrogens (primary N) is 1. The van der Waals surface area contributed by atoms with Gasteiger partial charge in [0.1, 0.15) is 0 Å². The van der Waals surface area contributed by atoms with Gasteiger partial charge in [-0.15, -0.1) is 0 Å². The Bertz CT molecular complexity index is 618. The Kier molecular flexibility index (Phi) is 3.56. The predicted octanol–water partition coefficient (Wildman–Crippen LogP) is 3.76. The standard InChI is InChI=1S/C16H17NO2/c1-10(2)11-4-3-5-12(8-11)13-6-7-15(17)14(9-13)16(18)19/h3-10H,17H2,1-2H3,(H,18,19). The van der Waals surface area contributed by atoms with Crippen LogP contribution >= 0.6 is 0 Å². The van der Waals surface area contributed by atoms with E-state index in [1.165, 1.54) is 5.56 Å². The second kappa shape index (κ2) is 5.14. The van der Waals surface area contributed by atoms with Gasteiger partial charge >= 0.3 is 5.97 Å². The number of aromatic carboxylic acids is 1. The van der Waals surface area contributed by atoms with Crippen LogP contribution < -0.4 is 5.73 Å². The van der Waals surface area contributed by atoms with Gasteiger partial charge in [0.15, 0.2) is 0 Å². The summed E-state index contributed by atoms with van der Waals surface area (Å²) < 4.78 is 0. The van der Waals surface area contributed by atoms with E-state index in [9.17, 15) is 4.79 Å². The van der Waals surface area contributed by atoms with Crippen LogP contribution in [0.4, 0.5) is 5.69 Å². The van der Waals surface area contributed by atoms with Crippen LogP contribution in [0.3, 0.4) is 0 Å². The van der Waals surface area contributed by atoms with E-state index in [4.69, 9.17) is 10.8 Å². The van der Waals surface area contributed by atoms with Crippen molar-refractivity contribution in [2.75, 3.05) is 5.73 Å². The third-order valence-electron chi connectivity index (χ3n) is 3.17. The molecule has 3 heteroatoms. The third kappa shape index (κ3) is 2.76. The lowest BCUT2D eigenvalue weighted by molar-refractivity contribution is 0.0698. The average molecular weight is 255 g/mol. The molecule has 0 saturated carbocycles. The molecule has 0 bridgehead atoms. The molecule has 0 aromatic heterocycles. The molecule has 0 aliphatic heterocycles. The number of rotatable bonds is 3. The van der Waals surface area contributed by atoms with Gasteiger partial charge in [-0.25, -0.2) is 4.79 Å². The van der Waals surface area contributed by atoms with Gasteiger partial charge < -0.3 is 10.8 Å². The Morgan fingerprint density at radius 3 is 2.42 bits per heavy atom. The van der Waals surface area contributed by atoms with E-state index in [0.717, 1.165) is 11.1 Å². The summed E-state index contributed by atoms with van der Waals surface area (Å²) in [6.07, 6.45) is 0. The van der Waals surface area contributed by atoms with Gasteiger partial charge in [-0.3, -0.25) is 0 Å². The van der Waals surface area contributed by atoms with Crippen LogP contribution in [0.1, 0.15) is 35.7 Å². The molecule has 3 nitrogen and oxygen atoms in total. The van der Waals surface area contributed by atoms with E-state index in [1.54, 1.807) is 12.1 Å². The summed E-state index contributed by atoms with van der Waals surface area (Å²) in [5.74, 6) is -0.563. The summed E-state index contributed by atoms with van der Waals surface area (Å²) in [5.41, 5.74) is 9.21. The zero-order chi connectivity index (χ0) is 14.0. The normalized spacial score (nSPS) is 10.7. The van der Waals surface area contributed by atoms with Crippen LogP contribution in [0.2, 0.25) is 0 Å². The van der Waals surface area contributed by atoms with Crippen molar-refractivity contribution in [3.8, 4) is 11.1 Å². The van der Waals surface area contributed by atoms with Gasteiger partial charge in [-0.05, 0) is 34.7 Å². The van der Waals surface area contributed by atoms with E-state index >= 15 is 0 Å². The van der Waals surface area contributed by atoms with Gasteiger partial charge in [0.05, 0.1) is 5.56 Å². The predicted molar refractivity (Wildman–Crippen MR) is 77.3 cm³/mol. The van der Waals surface area contributed by atoms with Gasteiger partial charge in [0, 0.05) is 5.69 Å². The first-order chi connectivity index (χ1) is 8.99. The quantitative estimate of drug-likeness (QED) is 0.821. The molecule has 98 valence electrons. The molecule has 2 aromatic carbocycles. The van der Waals surface area contributed by atoms with Crippen molar-refractivity contribution in [1.82, 2.24) is 0 Å². The van der Waals surface area contributed by atoms with Crippen LogP contribution in [0.25, 0.3) is 11.1 Å². The van der Waals surface area contributed by atoms with Gasteiger partial charge in [-0.1, -0.05) is 44.2 Å². The number of carbonyl (C=O) groups is 1. The summed E-state index contributed by atoms with van der Waals surface area (Å²) in [7, 11) is 0. The number of carboxylic acid groups (broad SMARTS) is 1. The SMILES string of the molecule is CC(C)c1cccc(-c2ccc(N)c(C(=O)O)c2)c1. The second-order valence-electron chi connectivity index (χ2n) is 4.89. The van der Waals surface area contributed by atoms with Crippen molar-refractivity contribution in [2.24, 2.45) is 0 Å². The number of benzene rings is 2. The molecule has 19 heavy (non-hydrogen) atoms. The maximum absolute atomic E-state index is 11.1. The summed E-state index contributed by atoms with van der Waals surface area (Å²) >= 11 is 0. The highest BCUT2D eigenvalue weighted by Gasteiger charge is 2.10. The molecule has 3 N–H and O–H groups in total. The van der Waals surface area contributed by atoms with Gasteiger partial charge in [-0.2, -0.15) is 0 Å². The molecular weight excluding hydrogens is 238 g/mol. The van der Waals surface area contributed by atoms with Crippen molar-refractivity contribution < 1.29 is 9.90 Å². The van der Waals surface area contributed by atoms with Crippen molar-refractivity contribution in [3.05, 3.63) is 53.6 Å². The minimum atomic E-state index is -1.00. The summed E-state index contributed by atoms with van der Waals surface area (Å²) in [5, 5.41) is 9.10. The Balaban J connectivity index is 2.50. The van der Waals surface area contributed by atoms with Gasteiger partial charge in [0.25, 0.3) is 0 Å². The van der Waals surface area contributed by atoms with E-state index in [1.807, 2.05) is 18.2 Å². The topological polar surface area (TPSA) is 63.3 Å². The summed E-state index contributed by atoms with van der Waals surface area (Å²) in [6, 6.07) is 13.2. The third-order valence-corrected chi connectivity index (χ3v) is 3.17. The van der Waals surface area contributed by atoms with E-state index in [0.29, 0.717) is 5.92 Å². The molecule has 0 heterocycles. The van der Waals surface area contributed by atoms with Crippen LogP contribution in [0.15, 0.2) is 42.5 Å². The van der Waals surface area contributed by atoms with E-state index in [-0.39, 0.29) is 11.3 Å². The smallest absolute Gasteiger partial charge is 0.337 e. The lowest BCUT2D eigenvalue weighted by Gasteiger charge is -2.09. The van der Waals surface area contributed by atoms with Crippen molar-refractivity contribution in [1.29, 1.82) is 0 Å². The van der Waals surface area contributed by atoms with Crippen LogP contribution in [0.5, 0.6) is 0 Å².